The van der Waals surface area contributed by atoms with Gasteiger partial charge in [-0.05, 0) is 83.5 Å². The van der Waals surface area contributed by atoms with Gasteiger partial charge in [0.15, 0.2) is 0 Å². The molecule has 0 bridgehead atoms. The molecule has 0 fully saturated rings. The number of rotatable bonds is 0. The van der Waals surface area contributed by atoms with Crippen molar-refractivity contribution in [3.05, 3.63) is 112 Å². The molecule has 140 valence electrons. The molecule has 1 unspecified atom stereocenters. The molecule has 1 spiro atoms. The lowest BCUT2D eigenvalue weighted by atomic mass is 9.65. The monoisotopic (exact) mass is 628 g/mol. The lowest BCUT2D eigenvalue weighted by Crippen LogP contribution is -2.28. The van der Waals surface area contributed by atoms with Gasteiger partial charge in [0.05, 0.1) is 5.41 Å². The Morgan fingerprint density at radius 2 is 1.48 bits per heavy atom. The molecule has 0 amide bonds. The van der Waals surface area contributed by atoms with E-state index in [-0.39, 0.29) is 5.41 Å². The highest BCUT2D eigenvalue weighted by atomic mass is 79.9. The lowest BCUT2D eigenvalue weighted by molar-refractivity contribution is 0.741. The maximum absolute atomic E-state index is 3.99. The highest BCUT2D eigenvalue weighted by Gasteiger charge is 2.50. The molecule has 29 heavy (non-hydrogen) atoms. The van der Waals surface area contributed by atoms with Crippen molar-refractivity contribution in [2.75, 3.05) is 0 Å². The predicted octanol–water partition coefficient (Wildman–Crippen LogP) is 9.00. The Kier molecular flexibility index (Phi) is 4.10. The van der Waals surface area contributed by atoms with Crippen LogP contribution in [0, 0.1) is 5.41 Å². The minimum atomic E-state index is -0.368. The Balaban J connectivity index is 1.68. The van der Waals surface area contributed by atoms with E-state index in [2.05, 4.69) is 137 Å². The van der Waals surface area contributed by atoms with E-state index in [0.29, 0.717) is 0 Å². The van der Waals surface area contributed by atoms with Crippen molar-refractivity contribution in [1.29, 1.82) is 0 Å². The van der Waals surface area contributed by atoms with Crippen molar-refractivity contribution in [1.82, 2.24) is 0 Å². The Bertz CT molecular complexity index is 1330. The van der Waals surface area contributed by atoms with Gasteiger partial charge in [0.1, 0.15) is 0 Å². The molecular weight excluding hydrogens is 620 g/mol. The van der Waals surface area contributed by atoms with Crippen molar-refractivity contribution >= 4 is 87.0 Å². The summed E-state index contributed by atoms with van der Waals surface area (Å²) in [5.74, 6) is 0. The maximum atomic E-state index is 3.99. The third-order valence-corrected chi connectivity index (χ3v) is 10.4. The standard InChI is InChI=1S/C25H12Br4/c26-19-9-3-6-14-12-18-21(20(14)19)22(27)23(28)24(29)25(18)10-4-8-16-15-7-2-1-5-13(15)11-17(16)25/h1-12H. The molecule has 0 nitrogen and oxygen atoms in total. The summed E-state index contributed by atoms with van der Waals surface area (Å²) in [6.45, 7) is 0. The van der Waals surface area contributed by atoms with Crippen molar-refractivity contribution in [3.8, 4) is 0 Å². The minimum absolute atomic E-state index is 0.368. The topological polar surface area (TPSA) is 0 Å². The van der Waals surface area contributed by atoms with E-state index in [0.717, 1.165) is 17.9 Å². The van der Waals surface area contributed by atoms with Crippen LogP contribution in [0.2, 0.25) is 0 Å². The number of halogens is 4. The highest BCUT2D eigenvalue weighted by Crippen LogP contribution is 2.66. The zero-order valence-corrected chi connectivity index (χ0v) is 21.3. The number of fused-ring (bicyclic) bond motifs is 8. The van der Waals surface area contributed by atoms with Crippen LogP contribution in [-0.2, 0) is 0 Å². The molecule has 0 aliphatic heterocycles. The summed E-state index contributed by atoms with van der Waals surface area (Å²) < 4.78 is 4.36. The summed E-state index contributed by atoms with van der Waals surface area (Å²) in [5, 5.41) is 0. The summed E-state index contributed by atoms with van der Waals surface area (Å²) in [4.78, 5) is 0. The van der Waals surface area contributed by atoms with Crippen LogP contribution in [0.3, 0.4) is 0 Å². The van der Waals surface area contributed by atoms with Crippen molar-refractivity contribution in [2.45, 2.75) is 0 Å². The molecule has 6 rings (SSSR count). The molecule has 0 aromatic heterocycles. The average molecular weight is 632 g/mol. The van der Waals surface area contributed by atoms with Gasteiger partial charge < -0.3 is 0 Å². The van der Waals surface area contributed by atoms with Crippen LogP contribution in [0.1, 0.15) is 22.3 Å². The Labute approximate surface area is 203 Å². The minimum Gasteiger partial charge on any atom is -0.0646 e. The third-order valence-electron chi connectivity index (χ3n) is 6.12. The summed E-state index contributed by atoms with van der Waals surface area (Å²) in [7, 11) is 0. The first-order valence-corrected chi connectivity index (χ1v) is 12.4. The zero-order valence-electron chi connectivity index (χ0n) is 14.9. The fourth-order valence-electron chi connectivity index (χ4n) is 4.88. The summed E-state index contributed by atoms with van der Waals surface area (Å²) >= 11 is 15.5. The van der Waals surface area contributed by atoms with Crippen LogP contribution in [0.5, 0.6) is 0 Å². The normalized spacial score (nSPS) is 23.5. The van der Waals surface area contributed by atoms with E-state index in [1.54, 1.807) is 0 Å². The quantitative estimate of drug-likeness (QED) is 0.272. The molecule has 2 aromatic carbocycles. The fourth-order valence-corrected chi connectivity index (χ4v) is 7.61. The molecule has 4 aliphatic rings. The van der Waals surface area contributed by atoms with Crippen molar-refractivity contribution in [3.63, 3.8) is 0 Å². The van der Waals surface area contributed by atoms with Gasteiger partial charge in [0.2, 0.25) is 0 Å². The number of hydrogen-bond acceptors (Lipinski definition) is 0. The van der Waals surface area contributed by atoms with Crippen LogP contribution >= 0.6 is 63.7 Å². The van der Waals surface area contributed by atoms with Crippen LogP contribution in [0.25, 0.3) is 23.3 Å². The molecule has 0 heterocycles. The van der Waals surface area contributed by atoms with Gasteiger partial charge >= 0.3 is 0 Å². The van der Waals surface area contributed by atoms with Gasteiger partial charge in [-0.3, -0.25) is 0 Å². The van der Waals surface area contributed by atoms with E-state index in [1.807, 2.05) is 0 Å². The van der Waals surface area contributed by atoms with E-state index in [1.165, 1.54) is 44.5 Å². The van der Waals surface area contributed by atoms with Gasteiger partial charge in [-0.25, -0.2) is 0 Å². The van der Waals surface area contributed by atoms with Gasteiger partial charge in [0.25, 0.3) is 0 Å². The Morgan fingerprint density at radius 1 is 0.724 bits per heavy atom. The smallest absolute Gasteiger partial charge is 0.0646 e. The maximum Gasteiger partial charge on any atom is 0.0725 e. The van der Waals surface area contributed by atoms with E-state index in [4.69, 9.17) is 0 Å². The number of allylic oxidation sites excluding steroid dienone is 10. The van der Waals surface area contributed by atoms with Gasteiger partial charge in [-0.2, -0.15) is 0 Å². The SMILES string of the molecule is BrC1=C2C(=Cc3cccc(Br)c32)C2(C=CC=C3C2=Cc2ccccc23)C(Br)=C1Br. The Morgan fingerprint density at radius 3 is 2.34 bits per heavy atom. The Hall–Kier alpha value is -1.20. The lowest BCUT2D eigenvalue weighted by Gasteiger charge is -2.41. The van der Waals surface area contributed by atoms with E-state index < -0.39 is 0 Å². The average Bonchev–Trinajstić information content (AvgIpc) is 3.31. The molecule has 0 saturated heterocycles. The second-order valence-electron chi connectivity index (χ2n) is 7.47. The van der Waals surface area contributed by atoms with Crippen LogP contribution in [-0.4, -0.2) is 0 Å². The second-order valence-corrected chi connectivity index (χ2v) is 10.7. The van der Waals surface area contributed by atoms with E-state index in [9.17, 15) is 0 Å². The molecule has 0 N–H and O–H groups in total. The first kappa shape index (κ1) is 18.6. The van der Waals surface area contributed by atoms with E-state index >= 15 is 0 Å². The third kappa shape index (κ3) is 2.29. The molecule has 0 radical (unpaired) electrons. The fraction of sp³-hybridized carbons (Fsp3) is 0.0400. The van der Waals surface area contributed by atoms with Gasteiger partial charge in [0, 0.05) is 29.1 Å². The van der Waals surface area contributed by atoms with Crippen molar-refractivity contribution in [2.24, 2.45) is 5.41 Å². The summed E-state index contributed by atoms with van der Waals surface area (Å²) in [5.41, 5.74) is 9.84. The molecule has 4 heteroatoms. The second kappa shape index (κ2) is 6.40. The molecule has 2 aromatic rings. The van der Waals surface area contributed by atoms with Crippen LogP contribution in [0.4, 0.5) is 0 Å². The zero-order chi connectivity index (χ0) is 19.9. The van der Waals surface area contributed by atoms with Gasteiger partial charge in [-0.15, -0.1) is 0 Å². The molecule has 1 atom stereocenters. The highest BCUT2D eigenvalue weighted by molar-refractivity contribution is 9.16. The van der Waals surface area contributed by atoms with Gasteiger partial charge in [-0.1, -0.05) is 86.5 Å². The first-order chi connectivity index (χ1) is 14.0. The summed E-state index contributed by atoms with van der Waals surface area (Å²) in [6.07, 6.45) is 11.5. The first-order valence-electron chi connectivity index (χ1n) is 9.23. The van der Waals surface area contributed by atoms with Crippen LogP contribution in [0.15, 0.2) is 89.8 Å². The largest absolute Gasteiger partial charge is 0.0725 e. The number of benzene rings is 2. The predicted molar refractivity (Wildman–Crippen MR) is 137 cm³/mol. The summed E-state index contributed by atoms with van der Waals surface area (Å²) in [6, 6.07) is 15.0. The molecule has 4 aliphatic carbocycles. The molecule has 0 saturated carbocycles. The molecular formula is C25H12Br4. The van der Waals surface area contributed by atoms with Crippen LogP contribution < -0.4 is 0 Å². The number of hydrogen-bond donors (Lipinski definition) is 0. The van der Waals surface area contributed by atoms with Crippen molar-refractivity contribution < 1.29 is 0 Å².